The van der Waals surface area contributed by atoms with Crippen molar-refractivity contribution in [3.63, 3.8) is 0 Å². The molecule has 1 fully saturated rings. The van der Waals surface area contributed by atoms with Crippen molar-refractivity contribution in [2.24, 2.45) is 11.7 Å². The molecule has 0 aromatic rings. The number of nitrogens with one attached hydrogen (secondary N) is 1. The Morgan fingerprint density at radius 1 is 1.33 bits per heavy atom. The normalized spacial score (nSPS) is 16.9. The van der Waals surface area contributed by atoms with Gasteiger partial charge in [0.25, 0.3) is 0 Å². The van der Waals surface area contributed by atoms with E-state index in [9.17, 15) is 4.79 Å². The van der Waals surface area contributed by atoms with Crippen LogP contribution in [0.3, 0.4) is 0 Å². The number of carbonyl (C=O) groups excluding carboxylic acids is 1. The monoisotopic (exact) mass is 255 g/mol. The van der Waals surface area contributed by atoms with Crippen LogP contribution in [0.15, 0.2) is 0 Å². The summed E-state index contributed by atoms with van der Waals surface area (Å²) < 4.78 is 0. The molecule has 0 aliphatic heterocycles. The van der Waals surface area contributed by atoms with Crippen LogP contribution < -0.4 is 11.1 Å². The van der Waals surface area contributed by atoms with Gasteiger partial charge in [-0.15, -0.1) is 0 Å². The third-order valence-electron chi connectivity index (χ3n) is 3.44. The predicted molar refractivity (Wildman–Crippen MR) is 75.5 cm³/mol. The largest absolute Gasteiger partial charge is 0.335 e. The van der Waals surface area contributed by atoms with Gasteiger partial charge in [0.2, 0.25) is 0 Å². The number of carbonyl (C=O) groups is 1. The lowest BCUT2D eigenvalue weighted by Crippen LogP contribution is -2.47. The zero-order chi connectivity index (χ0) is 13.4. The molecular formula is C14H29N3O. The highest BCUT2D eigenvalue weighted by Gasteiger charge is 2.20. The van der Waals surface area contributed by atoms with Crippen molar-refractivity contribution in [3.05, 3.63) is 0 Å². The van der Waals surface area contributed by atoms with Crippen molar-refractivity contribution < 1.29 is 4.79 Å². The Kier molecular flexibility index (Phi) is 7.09. The number of hydrogen-bond acceptors (Lipinski definition) is 2. The standard InChI is InChI=1S/C14H29N3O/c1-12(2)11-17(10-6-9-15)14(18)16-13-7-4-3-5-8-13/h12-13H,3-11,15H2,1-2H3,(H,16,18). The third kappa shape index (κ3) is 5.71. The van der Waals surface area contributed by atoms with Gasteiger partial charge in [0.1, 0.15) is 0 Å². The number of urea groups is 1. The molecule has 0 radical (unpaired) electrons. The zero-order valence-electron chi connectivity index (χ0n) is 12.0. The molecule has 0 aromatic carbocycles. The summed E-state index contributed by atoms with van der Waals surface area (Å²) >= 11 is 0. The molecule has 4 heteroatoms. The van der Waals surface area contributed by atoms with Crippen LogP contribution >= 0.6 is 0 Å². The first-order chi connectivity index (χ1) is 8.63. The first-order valence-electron chi connectivity index (χ1n) is 7.39. The van der Waals surface area contributed by atoms with Crippen LogP contribution in [0.5, 0.6) is 0 Å². The van der Waals surface area contributed by atoms with Gasteiger partial charge in [-0.2, -0.15) is 0 Å². The molecule has 1 rings (SSSR count). The van der Waals surface area contributed by atoms with E-state index in [1.54, 1.807) is 0 Å². The summed E-state index contributed by atoms with van der Waals surface area (Å²) in [7, 11) is 0. The van der Waals surface area contributed by atoms with Gasteiger partial charge in [0.15, 0.2) is 0 Å². The Morgan fingerprint density at radius 3 is 2.56 bits per heavy atom. The van der Waals surface area contributed by atoms with Crippen molar-refractivity contribution >= 4 is 6.03 Å². The van der Waals surface area contributed by atoms with Gasteiger partial charge in [-0.25, -0.2) is 4.79 Å². The highest BCUT2D eigenvalue weighted by atomic mass is 16.2. The number of nitrogens with zero attached hydrogens (tertiary/aromatic N) is 1. The average molecular weight is 255 g/mol. The van der Waals surface area contributed by atoms with E-state index in [2.05, 4.69) is 19.2 Å². The second-order valence-electron chi connectivity index (χ2n) is 5.77. The molecule has 0 aromatic heterocycles. The van der Waals surface area contributed by atoms with Crippen molar-refractivity contribution in [2.75, 3.05) is 19.6 Å². The molecule has 0 heterocycles. The molecule has 3 N–H and O–H groups in total. The molecule has 1 aliphatic rings. The molecule has 0 spiro atoms. The van der Waals surface area contributed by atoms with Crippen LogP contribution in [0, 0.1) is 5.92 Å². The predicted octanol–water partition coefficient (Wildman–Crippen LogP) is 2.34. The second-order valence-corrected chi connectivity index (χ2v) is 5.77. The minimum atomic E-state index is 0.101. The molecular weight excluding hydrogens is 226 g/mol. The van der Waals surface area contributed by atoms with Crippen molar-refractivity contribution in [1.82, 2.24) is 10.2 Å². The smallest absolute Gasteiger partial charge is 0.317 e. The molecule has 106 valence electrons. The minimum absolute atomic E-state index is 0.101. The number of amides is 2. The lowest BCUT2D eigenvalue weighted by atomic mass is 9.96. The fourth-order valence-electron chi connectivity index (χ4n) is 2.51. The molecule has 2 amide bonds. The van der Waals surface area contributed by atoms with Gasteiger partial charge >= 0.3 is 6.03 Å². The molecule has 0 unspecified atom stereocenters. The number of nitrogens with two attached hydrogens (primary N) is 1. The van der Waals surface area contributed by atoms with E-state index in [4.69, 9.17) is 5.73 Å². The molecule has 0 saturated heterocycles. The number of hydrogen-bond donors (Lipinski definition) is 2. The second kappa shape index (κ2) is 8.35. The Balaban J connectivity index is 2.40. The van der Waals surface area contributed by atoms with Gasteiger partial charge in [-0.05, 0) is 31.7 Å². The summed E-state index contributed by atoms with van der Waals surface area (Å²) in [5, 5.41) is 3.18. The summed E-state index contributed by atoms with van der Waals surface area (Å²) in [5.74, 6) is 0.500. The lowest BCUT2D eigenvalue weighted by Gasteiger charge is -2.29. The first kappa shape index (κ1) is 15.3. The Hall–Kier alpha value is -0.770. The van der Waals surface area contributed by atoms with Crippen LogP contribution in [-0.2, 0) is 0 Å². The van der Waals surface area contributed by atoms with Gasteiger partial charge in [0, 0.05) is 19.1 Å². The Bertz CT molecular complexity index is 237. The van der Waals surface area contributed by atoms with E-state index < -0.39 is 0 Å². The highest BCUT2D eigenvalue weighted by molar-refractivity contribution is 5.74. The topological polar surface area (TPSA) is 58.4 Å². The zero-order valence-corrected chi connectivity index (χ0v) is 12.0. The van der Waals surface area contributed by atoms with Gasteiger partial charge < -0.3 is 16.0 Å². The molecule has 1 aliphatic carbocycles. The Morgan fingerprint density at radius 2 is 2.00 bits per heavy atom. The maximum atomic E-state index is 12.2. The van der Waals surface area contributed by atoms with Crippen molar-refractivity contribution in [2.45, 2.75) is 58.4 Å². The molecule has 0 bridgehead atoms. The minimum Gasteiger partial charge on any atom is -0.335 e. The maximum Gasteiger partial charge on any atom is 0.317 e. The summed E-state index contributed by atoms with van der Waals surface area (Å²) in [4.78, 5) is 14.1. The van der Waals surface area contributed by atoms with E-state index in [1.807, 2.05) is 4.90 Å². The van der Waals surface area contributed by atoms with E-state index >= 15 is 0 Å². The van der Waals surface area contributed by atoms with Crippen LogP contribution in [0.1, 0.15) is 52.4 Å². The molecule has 18 heavy (non-hydrogen) atoms. The van der Waals surface area contributed by atoms with Gasteiger partial charge in [0.05, 0.1) is 0 Å². The van der Waals surface area contributed by atoms with E-state index in [1.165, 1.54) is 19.3 Å². The third-order valence-corrected chi connectivity index (χ3v) is 3.44. The maximum absolute atomic E-state index is 12.2. The summed E-state index contributed by atoms with van der Waals surface area (Å²) in [6.45, 7) is 6.52. The molecule has 0 atom stereocenters. The summed E-state index contributed by atoms with van der Waals surface area (Å²) in [5.41, 5.74) is 5.53. The highest BCUT2D eigenvalue weighted by Crippen LogP contribution is 2.17. The van der Waals surface area contributed by atoms with E-state index in [0.717, 1.165) is 32.4 Å². The first-order valence-corrected chi connectivity index (χ1v) is 7.39. The number of rotatable bonds is 6. The lowest BCUT2D eigenvalue weighted by molar-refractivity contribution is 0.183. The Labute approximate surface area is 111 Å². The van der Waals surface area contributed by atoms with Crippen LogP contribution in [-0.4, -0.2) is 36.6 Å². The fraction of sp³-hybridized carbons (Fsp3) is 0.929. The van der Waals surface area contributed by atoms with Crippen molar-refractivity contribution in [1.29, 1.82) is 0 Å². The SMILES string of the molecule is CC(C)CN(CCCN)C(=O)NC1CCCCC1. The van der Waals surface area contributed by atoms with Crippen LogP contribution in [0.25, 0.3) is 0 Å². The van der Waals surface area contributed by atoms with E-state index in [-0.39, 0.29) is 6.03 Å². The summed E-state index contributed by atoms with van der Waals surface area (Å²) in [6, 6.07) is 0.489. The summed E-state index contributed by atoms with van der Waals surface area (Å²) in [6.07, 6.45) is 6.96. The van der Waals surface area contributed by atoms with Crippen LogP contribution in [0.2, 0.25) is 0 Å². The van der Waals surface area contributed by atoms with Gasteiger partial charge in [-0.3, -0.25) is 0 Å². The molecule has 4 nitrogen and oxygen atoms in total. The van der Waals surface area contributed by atoms with Crippen molar-refractivity contribution in [3.8, 4) is 0 Å². The molecule has 1 saturated carbocycles. The van der Waals surface area contributed by atoms with E-state index in [0.29, 0.717) is 18.5 Å². The van der Waals surface area contributed by atoms with Gasteiger partial charge in [-0.1, -0.05) is 33.1 Å². The average Bonchev–Trinajstić information content (AvgIpc) is 2.35. The fourth-order valence-corrected chi connectivity index (χ4v) is 2.51. The van der Waals surface area contributed by atoms with Crippen LogP contribution in [0.4, 0.5) is 4.79 Å². The quantitative estimate of drug-likeness (QED) is 0.765.